The molecule has 146 valence electrons. The van der Waals surface area contributed by atoms with Crippen molar-refractivity contribution in [3.05, 3.63) is 64.7 Å². The molecule has 1 heterocycles. The van der Waals surface area contributed by atoms with Gasteiger partial charge in [-0.05, 0) is 18.1 Å². The molecule has 0 saturated heterocycles. The molecule has 0 radical (unpaired) electrons. The minimum atomic E-state index is -4.52. The van der Waals surface area contributed by atoms with Crippen LogP contribution in [0.25, 0.3) is 0 Å². The lowest BCUT2D eigenvalue weighted by atomic mass is 9.48. The molecule has 0 N–H and O–H groups in total. The van der Waals surface area contributed by atoms with Crippen LogP contribution in [0.5, 0.6) is 0 Å². The van der Waals surface area contributed by atoms with Crippen molar-refractivity contribution in [2.45, 2.75) is 59.9 Å². The van der Waals surface area contributed by atoms with Gasteiger partial charge in [-0.2, -0.15) is 13.2 Å². The molecule has 0 aromatic heterocycles. The van der Waals surface area contributed by atoms with Gasteiger partial charge in [-0.25, -0.2) is 0 Å². The number of fused-ring (bicyclic) bond motifs is 1. The fourth-order valence-corrected chi connectivity index (χ4v) is 3.22. The molecule has 27 heavy (non-hydrogen) atoms. The zero-order chi connectivity index (χ0) is 20.6. The number of ketones is 1. The van der Waals surface area contributed by atoms with Gasteiger partial charge in [0.25, 0.3) is 0 Å². The summed E-state index contributed by atoms with van der Waals surface area (Å²) in [5.41, 5.74) is 2.16. The predicted molar refractivity (Wildman–Crippen MR) is 108 cm³/mol. The number of carbonyl (C=O) groups excluding carboxylic acids is 1. The molecule has 2 aromatic rings. The molecule has 0 amide bonds. The van der Waals surface area contributed by atoms with E-state index in [0.29, 0.717) is 6.71 Å². The highest BCUT2D eigenvalue weighted by Gasteiger charge is 2.34. The Hall–Kier alpha value is -2.04. The zero-order valence-corrected chi connectivity index (χ0v) is 16.8. The maximum absolute atomic E-state index is 13.0. The first-order valence-corrected chi connectivity index (χ1v) is 9.67. The number of carbonyl (C=O) groups is 1. The van der Waals surface area contributed by atoms with Crippen molar-refractivity contribution in [2.24, 2.45) is 0 Å². The number of benzene rings is 2. The normalized spacial score (nSPS) is 12.4. The van der Waals surface area contributed by atoms with Crippen LogP contribution in [0.2, 0.25) is 13.1 Å². The van der Waals surface area contributed by atoms with E-state index in [1.165, 1.54) is 29.2 Å². The summed E-state index contributed by atoms with van der Waals surface area (Å²) in [5.74, 6) is -0.497. The van der Waals surface area contributed by atoms with Crippen LogP contribution in [-0.2, 0) is 19.0 Å². The third-order valence-corrected chi connectivity index (χ3v) is 4.49. The first-order valence-electron chi connectivity index (χ1n) is 9.67. The summed E-state index contributed by atoms with van der Waals surface area (Å²) < 4.78 is 39.1. The summed E-state index contributed by atoms with van der Waals surface area (Å²) in [6.07, 6.45) is -2.41. The largest absolute Gasteiger partial charge is 0.417 e. The Bertz CT molecular complexity index is 753. The van der Waals surface area contributed by atoms with Crippen LogP contribution in [0.4, 0.5) is 13.2 Å². The molecule has 0 atom stereocenters. The smallest absolute Gasteiger partial charge is 0.294 e. The van der Waals surface area contributed by atoms with E-state index in [2.05, 4.69) is 6.82 Å². The summed E-state index contributed by atoms with van der Waals surface area (Å²) >= 11 is 0. The molecule has 2 aromatic carbocycles. The highest BCUT2D eigenvalue weighted by atomic mass is 19.4. The molecule has 1 aliphatic rings. The van der Waals surface area contributed by atoms with Crippen molar-refractivity contribution in [2.75, 3.05) is 0 Å². The summed E-state index contributed by atoms with van der Waals surface area (Å²) in [5, 5.41) is 0. The van der Waals surface area contributed by atoms with Gasteiger partial charge in [-0.1, -0.05) is 88.3 Å². The third kappa shape index (κ3) is 5.72. The van der Waals surface area contributed by atoms with Gasteiger partial charge in [-0.3, -0.25) is 4.79 Å². The maximum atomic E-state index is 13.0. The average molecular weight is 376 g/mol. The first-order chi connectivity index (χ1) is 12.9. The molecule has 1 aliphatic heterocycles. The lowest BCUT2D eigenvalue weighted by Crippen LogP contribution is -2.23. The fraction of sp³-hybridized carbons (Fsp3) is 0.409. The lowest BCUT2D eigenvalue weighted by Gasteiger charge is -2.12. The maximum Gasteiger partial charge on any atom is 0.417 e. The van der Waals surface area contributed by atoms with Crippen LogP contribution in [0.3, 0.4) is 0 Å². The van der Waals surface area contributed by atoms with E-state index < -0.39 is 17.5 Å². The third-order valence-electron chi connectivity index (χ3n) is 4.49. The van der Waals surface area contributed by atoms with Crippen LogP contribution < -0.4 is 5.46 Å². The molecule has 0 aliphatic carbocycles. The minimum Gasteiger partial charge on any atom is -0.294 e. The van der Waals surface area contributed by atoms with E-state index in [0.717, 1.165) is 24.4 Å². The van der Waals surface area contributed by atoms with Gasteiger partial charge in [0.2, 0.25) is 0 Å². The Morgan fingerprint density at radius 1 is 1.04 bits per heavy atom. The Morgan fingerprint density at radius 2 is 1.67 bits per heavy atom. The van der Waals surface area contributed by atoms with E-state index in [1.54, 1.807) is 0 Å². The van der Waals surface area contributed by atoms with Crippen LogP contribution >= 0.6 is 0 Å². The molecule has 0 fully saturated rings. The van der Waals surface area contributed by atoms with Crippen molar-refractivity contribution < 1.29 is 18.0 Å². The Balaban J connectivity index is 0.000000855. The monoisotopic (exact) mass is 376 g/mol. The molecule has 0 unspecified atom stereocenters. The number of Topliss-reactive ketones (excluding diaryl/α,β-unsaturated/α-hetero) is 1. The second-order valence-electron chi connectivity index (χ2n) is 6.12. The average Bonchev–Trinajstić information content (AvgIpc) is 3.05. The Morgan fingerprint density at radius 3 is 2.30 bits per heavy atom. The van der Waals surface area contributed by atoms with E-state index in [4.69, 9.17) is 0 Å². The van der Waals surface area contributed by atoms with Gasteiger partial charge in [-0.15, -0.1) is 0 Å². The van der Waals surface area contributed by atoms with Gasteiger partial charge < -0.3 is 0 Å². The molecule has 0 bridgehead atoms. The number of hydrogen-bond donors (Lipinski definition) is 0. The summed E-state index contributed by atoms with van der Waals surface area (Å²) in [7, 11) is 0. The quantitative estimate of drug-likeness (QED) is 0.469. The second-order valence-corrected chi connectivity index (χ2v) is 6.12. The van der Waals surface area contributed by atoms with Gasteiger partial charge in [0.15, 0.2) is 12.5 Å². The van der Waals surface area contributed by atoms with Crippen molar-refractivity contribution in [1.29, 1.82) is 0 Å². The summed E-state index contributed by atoms with van der Waals surface area (Å²) in [6, 6.07) is 10.8. The topological polar surface area (TPSA) is 17.1 Å². The van der Waals surface area contributed by atoms with Crippen LogP contribution in [0, 0.1) is 0 Å². The lowest BCUT2D eigenvalue weighted by molar-refractivity contribution is -0.137. The van der Waals surface area contributed by atoms with Crippen LogP contribution in [-0.4, -0.2) is 12.5 Å². The van der Waals surface area contributed by atoms with Crippen molar-refractivity contribution in [1.82, 2.24) is 0 Å². The fourth-order valence-electron chi connectivity index (χ4n) is 3.22. The number of aryl methyl sites for hydroxylation is 1. The molecule has 5 heteroatoms. The molecule has 1 nitrogen and oxygen atoms in total. The second kappa shape index (κ2) is 10.3. The number of halogens is 3. The standard InChI is InChI=1S/C18H16BF3O.2C2H6/c1-19-9-8-13-7-6-12(10-16(13)19)11-17(23)14-4-2-3-5-15(14)18(20,21)22;2*1-2/h2-7,10H,8-9,11H2,1H3;2*1-2H3. The SMILES string of the molecule is CB1CCc2ccc(CC(=O)c3ccccc3C(F)(F)F)cc21.CC.CC. The zero-order valence-electron chi connectivity index (χ0n) is 16.8. The first kappa shape index (κ1) is 23.0. The van der Waals surface area contributed by atoms with E-state index >= 15 is 0 Å². The number of hydrogen-bond acceptors (Lipinski definition) is 1. The van der Waals surface area contributed by atoms with Gasteiger partial charge in [0.1, 0.15) is 0 Å². The van der Waals surface area contributed by atoms with Gasteiger partial charge >= 0.3 is 6.18 Å². The Kier molecular flexibility index (Phi) is 8.81. The highest BCUT2D eigenvalue weighted by Crippen LogP contribution is 2.32. The van der Waals surface area contributed by atoms with Crippen LogP contribution in [0.15, 0.2) is 42.5 Å². The van der Waals surface area contributed by atoms with Gasteiger partial charge in [0.05, 0.1) is 5.56 Å². The van der Waals surface area contributed by atoms with E-state index in [-0.39, 0.29) is 12.0 Å². The molecule has 0 saturated carbocycles. The minimum absolute atomic E-state index is 0.00685. The summed E-state index contributed by atoms with van der Waals surface area (Å²) in [6.45, 7) is 10.6. The molecular formula is C22H28BF3O. The summed E-state index contributed by atoms with van der Waals surface area (Å²) in [4.78, 5) is 12.4. The van der Waals surface area contributed by atoms with E-state index in [1.807, 2.05) is 45.9 Å². The van der Waals surface area contributed by atoms with Crippen molar-refractivity contribution in [3.63, 3.8) is 0 Å². The molecule has 3 rings (SSSR count). The van der Waals surface area contributed by atoms with Crippen molar-refractivity contribution >= 4 is 18.0 Å². The van der Waals surface area contributed by atoms with Crippen molar-refractivity contribution in [3.8, 4) is 0 Å². The van der Waals surface area contributed by atoms with Gasteiger partial charge in [0, 0.05) is 12.0 Å². The molecular weight excluding hydrogens is 348 g/mol. The van der Waals surface area contributed by atoms with Crippen LogP contribution in [0.1, 0.15) is 54.7 Å². The number of rotatable bonds is 3. The predicted octanol–water partition coefficient (Wildman–Crippen LogP) is 6.07. The Labute approximate surface area is 161 Å². The molecule has 0 spiro atoms. The van der Waals surface area contributed by atoms with E-state index in [9.17, 15) is 18.0 Å². The number of alkyl halides is 3. The highest BCUT2D eigenvalue weighted by molar-refractivity contribution is 6.73.